The standard InChI is InChI=1S/C13H14F3N5O/c1-8(6-17)18-12(22)10-7-21(20-19-10)11-5-3-2-4-9(11)13(14,15)16/h2-5,7-8H,6,17H2,1H3,(H,18,22)/t8-/m0/s1. The Morgan fingerprint density at radius 3 is 2.73 bits per heavy atom. The minimum Gasteiger partial charge on any atom is -0.347 e. The Bertz CT molecular complexity index is 668. The lowest BCUT2D eigenvalue weighted by molar-refractivity contribution is -0.137. The number of alkyl halides is 3. The summed E-state index contributed by atoms with van der Waals surface area (Å²) in [6, 6.07) is 4.64. The molecule has 2 rings (SSSR count). The second-order valence-corrected chi connectivity index (χ2v) is 4.67. The smallest absolute Gasteiger partial charge is 0.347 e. The summed E-state index contributed by atoms with van der Waals surface area (Å²) in [5.41, 5.74) is 4.24. The summed E-state index contributed by atoms with van der Waals surface area (Å²) in [6.45, 7) is 1.93. The average Bonchev–Trinajstić information content (AvgIpc) is 2.96. The van der Waals surface area contributed by atoms with Crippen LogP contribution in [-0.4, -0.2) is 33.5 Å². The fourth-order valence-electron chi connectivity index (χ4n) is 1.76. The van der Waals surface area contributed by atoms with Gasteiger partial charge in [-0.05, 0) is 19.1 Å². The lowest BCUT2D eigenvalue weighted by Crippen LogP contribution is -2.37. The summed E-state index contributed by atoms with van der Waals surface area (Å²) < 4.78 is 39.8. The van der Waals surface area contributed by atoms with E-state index in [0.29, 0.717) is 0 Å². The number of aromatic nitrogens is 3. The number of nitrogens with zero attached hydrogens (tertiary/aromatic N) is 3. The van der Waals surface area contributed by atoms with Gasteiger partial charge in [0, 0.05) is 12.6 Å². The normalized spacial score (nSPS) is 13.0. The minimum atomic E-state index is -4.53. The second-order valence-electron chi connectivity index (χ2n) is 4.67. The van der Waals surface area contributed by atoms with Crippen molar-refractivity contribution >= 4 is 5.91 Å². The van der Waals surface area contributed by atoms with Gasteiger partial charge < -0.3 is 11.1 Å². The van der Waals surface area contributed by atoms with Crippen molar-refractivity contribution in [3.05, 3.63) is 41.7 Å². The zero-order chi connectivity index (χ0) is 16.3. The maximum absolute atomic E-state index is 13.0. The highest BCUT2D eigenvalue weighted by molar-refractivity contribution is 5.92. The SMILES string of the molecule is C[C@@H](CN)NC(=O)c1cn(-c2ccccc2C(F)(F)F)nn1. The van der Waals surface area contributed by atoms with Gasteiger partial charge in [0.1, 0.15) is 0 Å². The van der Waals surface area contributed by atoms with Crippen molar-refractivity contribution < 1.29 is 18.0 Å². The van der Waals surface area contributed by atoms with Gasteiger partial charge in [0.15, 0.2) is 5.69 Å². The molecule has 22 heavy (non-hydrogen) atoms. The molecule has 9 heteroatoms. The Kier molecular flexibility index (Phi) is 4.45. The monoisotopic (exact) mass is 313 g/mol. The number of carbonyl (C=O) groups is 1. The van der Waals surface area contributed by atoms with Crippen LogP contribution in [0.25, 0.3) is 5.69 Å². The van der Waals surface area contributed by atoms with Crippen LogP contribution in [0, 0.1) is 0 Å². The quantitative estimate of drug-likeness (QED) is 0.892. The molecule has 0 fully saturated rings. The van der Waals surface area contributed by atoms with E-state index in [4.69, 9.17) is 5.73 Å². The van der Waals surface area contributed by atoms with Crippen molar-refractivity contribution in [2.45, 2.75) is 19.1 Å². The molecule has 0 saturated carbocycles. The van der Waals surface area contributed by atoms with Crippen molar-refractivity contribution in [2.24, 2.45) is 5.73 Å². The minimum absolute atomic E-state index is 0.0859. The van der Waals surface area contributed by atoms with E-state index in [0.717, 1.165) is 16.9 Å². The highest BCUT2D eigenvalue weighted by atomic mass is 19.4. The summed E-state index contributed by atoms with van der Waals surface area (Å²) in [6.07, 6.45) is -3.39. The van der Waals surface area contributed by atoms with Crippen LogP contribution in [0.5, 0.6) is 0 Å². The zero-order valence-electron chi connectivity index (χ0n) is 11.6. The molecule has 0 aliphatic heterocycles. The third-order valence-electron chi connectivity index (χ3n) is 2.91. The van der Waals surface area contributed by atoms with E-state index in [1.54, 1.807) is 6.92 Å². The fraction of sp³-hybridized carbons (Fsp3) is 0.308. The molecule has 0 radical (unpaired) electrons. The van der Waals surface area contributed by atoms with Crippen LogP contribution >= 0.6 is 0 Å². The van der Waals surface area contributed by atoms with Crippen molar-refractivity contribution in [3.63, 3.8) is 0 Å². The summed E-state index contributed by atoms with van der Waals surface area (Å²) in [7, 11) is 0. The molecule has 1 aromatic heterocycles. The highest BCUT2D eigenvalue weighted by Gasteiger charge is 2.34. The molecule has 0 aliphatic carbocycles. The molecule has 0 bridgehead atoms. The third kappa shape index (κ3) is 3.42. The van der Waals surface area contributed by atoms with Crippen LogP contribution in [0.15, 0.2) is 30.5 Å². The number of nitrogens with two attached hydrogens (primary N) is 1. The molecule has 1 amide bonds. The number of rotatable bonds is 4. The Morgan fingerprint density at radius 1 is 1.41 bits per heavy atom. The van der Waals surface area contributed by atoms with Gasteiger partial charge in [-0.3, -0.25) is 4.79 Å². The molecule has 6 nitrogen and oxygen atoms in total. The van der Waals surface area contributed by atoms with Crippen LogP contribution in [0.2, 0.25) is 0 Å². The molecular weight excluding hydrogens is 299 g/mol. The highest BCUT2D eigenvalue weighted by Crippen LogP contribution is 2.33. The average molecular weight is 313 g/mol. The predicted octanol–water partition coefficient (Wildman–Crippen LogP) is 1.36. The zero-order valence-corrected chi connectivity index (χ0v) is 11.6. The van der Waals surface area contributed by atoms with E-state index in [9.17, 15) is 18.0 Å². The number of para-hydroxylation sites is 1. The van der Waals surface area contributed by atoms with Gasteiger partial charge in [-0.2, -0.15) is 13.2 Å². The lowest BCUT2D eigenvalue weighted by Gasteiger charge is -2.11. The van der Waals surface area contributed by atoms with Gasteiger partial charge in [0.05, 0.1) is 17.4 Å². The first-order valence-electron chi connectivity index (χ1n) is 6.43. The van der Waals surface area contributed by atoms with Gasteiger partial charge in [-0.15, -0.1) is 5.10 Å². The number of benzene rings is 1. The Morgan fingerprint density at radius 2 is 2.09 bits per heavy atom. The van der Waals surface area contributed by atoms with Gasteiger partial charge >= 0.3 is 6.18 Å². The second kappa shape index (κ2) is 6.14. The third-order valence-corrected chi connectivity index (χ3v) is 2.91. The van der Waals surface area contributed by atoms with E-state index in [1.807, 2.05) is 0 Å². The van der Waals surface area contributed by atoms with E-state index in [-0.39, 0.29) is 24.0 Å². The first-order chi connectivity index (χ1) is 10.3. The molecule has 1 heterocycles. The molecule has 0 aliphatic rings. The number of hydrogen-bond donors (Lipinski definition) is 2. The van der Waals surface area contributed by atoms with Crippen LogP contribution in [0.3, 0.4) is 0 Å². The maximum atomic E-state index is 13.0. The Balaban J connectivity index is 2.31. The topological polar surface area (TPSA) is 85.8 Å². The molecule has 1 aromatic carbocycles. The van der Waals surface area contributed by atoms with Crippen molar-refractivity contribution in [2.75, 3.05) is 6.54 Å². The maximum Gasteiger partial charge on any atom is 0.418 e. The van der Waals surface area contributed by atoms with E-state index in [1.165, 1.54) is 18.2 Å². The summed E-state index contributed by atoms with van der Waals surface area (Å²) in [5, 5.41) is 9.74. The van der Waals surface area contributed by atoms with Gasteiger partial charge in [0.25, 0.3) is 5.91 Å². The first kappa shape index (κ1) is 16.0. The molecular formula is C13H14F3N5O. The largest absolute Gasteiger partial charge is 0.418 e. The van der Waals surface area contributed by atoms with E-state index >= 15 is 0 Å². The van der Waals surface area contributed by atoms with Crippen LogP contribution in [0.1, 0.15) is 23.0 Å². The molecule has 0 unspecified atom stereocenters. The first-order valence-corrected chi connectivity index (χ1v) is 6.43. The molecule has 2 aromatic rings. The van der Waals surface area contributed by atoms with Crippen molar-refractivity contribution in [1.82, 2.24) is 20.3 Å². The van der Waals surface area contributed by atoms with E-state index < -0.39 is 17.6 Å². The van der Waals surface area contributed by atoms with Crippen molar-refractivity contribution in [3.8, 4) is 5.69 Å². The van der Waals surface area contributed by atoms with Crippen LogP contribution < -0.4 is 11.1 Å². The summed E-state index contributed by atoms with van der Waals surface area (Å²) in [5.74, 6) is -0.548. The fourth-order valence-corrected chi connectivity index (χ4v) is 1.76. The number of nitrogens with one attached hydrogen (secondary N) is 1. The molecule has 0 saturated heterocycles. The Labute approximate surface area is 124 Å². The van der Waals surface area contributed by atoms with Gasteiger partial charge in [-0.25, -0.2) is 4.68 Å². The van der Waals surface area contributed by atoms with Gasteiger partial charge in [-0.1, -0.05) is 17.3 Å². The number of amides is 1. The molecule has 3 N–H and O–H groups in total. The van der Waals surface area contributed by atoms with Gasteiger partial charge in [0.2, 0.25) is 0 Å². The van der Waals surface area contributed by atoms with E-state index in [2.05, 4.69) is 15.6 Å². The lowest BCUT2D eigenvalue weighted by atomic mass is 10.1. The summed E-state index contributed by atoms with van der Waals surface area (Å²) in [4.78, 5) is 11.8. The van der Waals surface area contributed by atoms with Crippen LogP contribution in [0.4, 0.5) is 13.2 Å². The summed E-state index contributed by atoms with van der Waals surface area (Å²) >= 11 is 0. The van der Waals surface area contributed by atoms with Crippen LogP contribution in [-0.2, 0) is 6.18 Å². The number of halogens is 3. The predicted molar refractivity (Wildman–Crippen MR) is 72.3 cm³/mol. The Hall–Kier alpha value is -2.42. The van der Waals surface area contributed by atoms with Crippen molar-refractivity contribution in [1.29, 1.82) is 0 Å². The number of carbonyl (C=O) groups excluding carboxylic acids is 1. The molecule has 0 spiro atoms. The molecule has 118 valence electrons. The number of hydrogen-bond acceptors (Lipinski definition) is 4. The molecule has 1 atom stereocenters.